The number of imidazole rings is 1. The lowest BCUT2D eigenvalue weighted by atomic mass is 10.1. The van der Waals surface area contributed by atoms with E-state index in [2.05, 4.69) is 15.0 Å². The molecule has 3 N–H and O–H groups in total. The zero-order chi connectivity index (χ0) is 19.3. The van der Waals surface area contributed by atoms with Crippen molar-refractivity contribution in [1.29, 1.82) is 0 Å². The van der Waals surface area contributed by atoms with E-state index in [0.717, 1.165) is 0 Å². The van der Waals surface area contributed by atoms with Crippen LogP contribution in [0, 0.1) is 6.08 Å². The van der Waals surface area contributed by atoms with Crippen molar-refractivity contribution in [2.75, 3.05) is 18.9 Å². The standard InChI is InChI=1S/C13H15FN5O7P/c1-5(20)2-23-27(22)24-3-6-9(26-27)8(21)12(25-6)19-4-16-7-10(15)17-13(14)18-11(7)19/h4,6,8-9,12,21H,2-3H2,1H3,(H2,15,17,18)/t6-,8?,9+,12-,27?/m1/s1. The van der Waals surface area contributed by atoms with Gasteiger partial charge in [0.15, 0.2) is 29.0 Å². The average Bonchev–Trinajstić information content (AvgIpc) is 3.15. The van der Waals surface area contributed by atoms with Gasteiger partial charge >= 0.3 is 13.9 Å². The van der Waals surface area contributed by atoms with Crippen LogP contribution < -0.4 is 5.73 Å². The third-order valence-electron chi connectivity index (χ3n) is 4.08. The summed E-state index contributed by atoms with van der Waals surface area (Å²) in [6, 6.07) is 0. The van der Waals surface area contributed by atoms with Crippen LogP contribution in [-0.2, 0) is 27.7 Å². The first-order valence-corrected chi connectivity index (χ1v) is 9.29. The Balaban J connectivity index is 1.60. The Morgan fingerprint density at radius 1 is 1.56 bits per heavy atom. The minimum absolute atomic E-state index is 0.0135. The Morgan fingerprint density at radius 2 is 2.33 bits per heavy atom. The largest absolute Gasteiger partial charge is 0.475 e. The average molecular weight is 403 g/mol. The van der Waals surface area contributed by atoms with Gasteiger partial charge in [-0.05, 0) is 6.92 Å². The number of nitrogen functional groups attached to an aromatic ring is 1. The molecular formula is C13H15FN5O7P. The third-order valence-corrected chi connectivity index (χ3v) is 5.49. The predicted octanol–water partition coefficient (Wildman–Crippen LogP) is -0.0650. The topological polar surface area (TPSA) is 161 Å². The molecule has 5 atom stereocenters. The number of carbonyl (C=O) groups is 1. The highest BCUT2D eigenvalue weighted by molar-refractivity contribution is 7.48. The Hall–Kier alpha value is -2.02. The van der Waals surface area contributed by atoms with Crippen LogP contribution in [0.3, 0.4) is 0 Å². The minimum Gasteiger partial charge on any atom is -0.386 e. The third kappa shape index (κ3) is 3.22. The van der Waals surface area contributed by atoms with Crippen molar-refractivity contribution in [1.82, 2.24) is 19.5 Å². The van der Waals surface area contributed by atoms with Gasteiger partial charge in [0.2, 0.25) is 0 Å². The first kappa shape index (κ1) is 18.3. The van der Waals surface area contributed by atoms with Crippen LogP contribution in [0.25, 0.3) is 11.2 Å². The monoisotopic (exact) mass is 403 g/mol. The van der Waals surface area contributed by atoms with Crippen LogP contribution in [0.4, 0.5) is 10.2 Å². The summed E-state index contributed by atoms with van der Waals surface area (Å²) in [6.07, 6.45) is -4.06. The van der Waals surface area contributed by atoms with Crippen LogP contribution in [0.2, 0.25) is 0 Å². The molecular weight excluding hydrogens is 388 g/mol. The number of aromatic nitrogens is 4. The summed E-state index contributed by atoms with van der Waals surface area (Å²) in [4.78, 5) is 22.0. The second-order valence-corrected chi connectivity index (χ2v) is 7.67. The fraction of sp³-hybridized carbons (Fsp3) is 0.538. The number of aliphatic hydroxyl groups is 1. The summed E-state index contributed by atoms with van der Waals surface area (Å²) >= 11 is 0. The normalized spacial score (nSPS) is 33.3. The fourth-order valence-corrected chi connectivity index (χ4v) is 4.32. The number of hydrogen-bond acceptors (Lipinski definition) is 11. The molecule has 146 valence electrons. The number of phosphoric ester groups is 1. The second-order valence-electron chi connectivity index (χ2n) is 6.05. The van der Waals surface area contributed by atoms with E-state index in [-0.39, 0.29) is 29.4 Å². The van der Waals surface area contributed by atoms with E-state index in [0.29, 0.717) is 0 Å². The van der Waals surface area contributed by atoms with Crippen molar-refractivity contribution in [2.24, 2.45) is 0 Å². The molecule has 12 nitrogen and oxygen atoms in total. The SMILES string of the molecule is CC(=O)COP1(=O)OC[C@H]2O[C@@H](n3cnc4c(N)nc(F)nc43)C(O)[C@H]2O1. The number of halogens is 1. The first-order valence-electron chi connectivity index (χ1n) is 7.83. The molecule has 4 heterocycles. The molecule has 0 spiro atoms. The van der Waals surface area contributed by atoms with Gasteiger partial charge in [0.05, 0.1) is 12.9 Å². The number of nitrogens with zero attached hydrogens (tertiary/aromatic N) is 4. The summed E-state index contributed by atoms with van der Waals surface area (Å²) in [6.45, 7) is 0.585. The summed E-state index contributed by atoms with van der Waals surface area (Å²) in [7, 11) is -4.03. The van der Waals surface area contributed by atoms with Gasteiger partial charge in [-0.3, -0.25) is 22.9 Å². The maximum absolute atomic E-state index is 13.5. The molecule has 14 heteroatoms. The van der Waals surface area contributed by atoms with Crippen LogP contribution in [0.15, 0.2) is 6.33 Å². The number of fused-ring (bicyclic) bond motifs is 2. The van der Waals surface area contributed by atoms with Crippen LogP contribution in [0.1, 0.15) is 13.2 Å². The molecule has 2 aromatic heterocycles. The smallest absolute Gasteiger partial charge is 0.386 e. The fourth-order valence-electron chi connectivity index (χ4n) is 2.89. The van der Waals surface area contributed by atoms with Gasteiger partial charge in [0.1, 0.15) is 24.9 Å². The van der Waals surface area contributed by atoms with Crippen LogP contribution in [-0.4, -0.2) is 61.9 Å². The van der Waals surface area contributed by atoms with Gasteiger partial charge < -0.3 is 15.6 Å². The number of Topliss-reactive ketones (excluding diaryl/α,β-unsaturated/α-hetero) is 1. The number of carbonyl (C=O) groups excluding carboxylic acids is 1. The van der Waals surface area contributed by atoms with E-state index in [4.69, 9.17) is 24.0 Å². The lowest BCUT2D eigenvalue weighted by molar-refractivity contribution is -0.120. The van der Waals surface area contributed by atoms with Crippen molar-refractivity contribution >= 4 is 30.6 Å². The van der Waals surface area contributed by atoms with Crippen molar-refractivity contribution in [3.05, 3.63) is 12.4 Å². The molecule has 27 heavy (non-hydrogen) atoms. The maximum atomic E-state index is 13.5. The van der Waals surface area contributed by atoms with Gasteiger partial charge in [-0.25, -0.2) is 9.55 Å². The highest BCUT2D eigenvalue weighted by atomic mass is 31.2. The molecule has 0 radical (unpaired) electrons. The molecule has 0 saturated carbocycles. The second kappa shape index (κ2) is 6.55. The Bertz CT molecular complexity index is 955. The number of anilines is 1. The number of nitrogens with two attached hydrogens (primary N) is 1. The molecule has 0 aromatic carbocycles. The number of rotatable bonds is 4. The summed E-state index contributed by atoms with van der Waals surface area (Å²) in [5.41, 5.74) is 5.77. The molecule has 2 saturated heterocycles. The van der Waals surface area contributed by atoms with Gasteiger partial charge in [-0.2, -0.15) is 14.4 Å². The molecule has 0 amide bonds. The molecule has 2 fully saturated rings. The molecule has 0 aliphatic carbocycles. The Morgan fingerprint density at radius 3 is 3.07 bits per heavy atom. The molecule has 2 aliphatic heterocycles. The molecule has 4 rings (SSSR count). The van der Waals surface area contributed by atoms with Crippen molar-refractivity contribution < 1.29 is 37.2 Å². The molecule has 2 aliphatic rings. The number of hydrogen-bond donors (Lipinski definition) is 2. The van der Waals surface area contributed by atoms with E-state index in [1.807, 2.05) is 0 Å². The quantitative estimate of drug-likeness (QED) is 0.519. The van der Waals surface area contributed by atoms with E-state index >= 15 is 0 Å². The molecule has 2 unspecified atom stereocenters. The summed E-state index contributed by atoms with van der Waals surface area (Å²) < 4.78 is 48.1. The lowest BCUT2D eigenvalue weighted by Gasteiger charge is -2.30. The minimum atomic E-state index is -4.03. The van der Waals surface area contributed by atoms with Crippen LogP contribution >= 0.6 is 7.82 Å². The number of phosphoric acid groups is 1. The van der Waals surface area contributed by atoms with E-state index in [1.54, 1.807) is 0 Å². The van der Waals surface area contributed by atoms with E-state index in [9.17, 15) is 18.9 Å². The van der Waals surface area contributed by atoms with Crippen molar-refractivity contribution in [3.8, 4) is 0 Å². The van der Waals surface area contributed by atoms with Gasteiger partial charge in [-0.15, -0.1) is 0 Å². The van der Waals surface area contributed by atoms with E-state index in [1.165, 1.54) is 17.8 Å². The number of ether oxygens (including phenoxy) is 1. The highest BCUT2D eigenvalue weighted by Gasteiger charge is 2.53. The molecule has 0 bridgehead atoms. The first-order chi connectivity index (χ1) is 12.8. The molecule has 2 aromatic rings. The van der Waals surface area contributed by atoms with Crippen LogP contribution in [0.5, 0.6) is 0 Å². The van der Waals surface area contributed by atoms with Gasteiger partial charge in [-0.1, -0.05) is 0 Å². The Kier molecular flexibility index (Phi) is 4.45. The number of ketones is 1. The van der Waals surface area contributed by atoms with Crippen molar-refractivity contribution in [2.45, 2.75) is 31.5 Å². The zero-order valence-corrected chi connectivity index (χ0v) is 14.8. The van der Waals surface area contributed by atoms with E-state index < -0.39 is 45.0 Å². The summed E-state index contributed by atoms with van der Waals surface area (Å²) in [5.74, 6) is -0.535. The predicted molar refractivity (Wildman–Crippen MR) is 84.7 cm³/mol. The summed E-state index contributed by atoms with van der Waals surface area (Å²) in [5, 5.41) is 10.6. The lowest BCUT2D eigenvalue weighted by Crippen LogP contribution is -2.39. The van der Waals surface area contributed by atoms with Crippen molar-refractivity contribution in [3.63, 3.8) is 0 Å². The highest BCUT2D eigenvalue weighted by Crippen LogP contribution is 2.56. The zero-order valence-electron chi connectivity index (χ0n) is 13.9. The van der Waals surface area contributed by atoms with Gasteiger partial charge in [0.25, 0.3) is 0 Å². The van der Waals surface area contributed by atoms with Gasteiger partial charge in [0, 0.05) is 0 Å². The maximum Gasteiger partial charge on any atom is 0.475 e. The number of aliphatic hydroxyl groups excluding tert-OH is 1. The Labute approximate surface area is 151 Å².